The van der Waals surface area contributed by atoms with Gasteiger partial charge in [0.05, 0.1) is 13.0 Å². The summed E-state index contributed by atoms with van der Waals surface area (Å²) in [5.41, 5.74) is 0.964. The standard InChI is InChI=1S/C17H21N3O2.ClH/c1-18-9-10-19-17(22)12-20-16(21)11-14-7-4-6-13-5-2-3-8-15(13)14;/h2-8,18H,9-12H2,1H3,(H,19,22)(H,20,21);1H. The Morgan fingerprint density at radius 3 is 2.43 bits per heavy atom. The van der Waals surface area contributed by atoms with Gasteiger partial charge in [-0.2, -0.15) is 0 Å². The molecule has 0 aliphatic rings. The molecule has 23 heavy (non-hydrogen) atoms. The molecule has 0 aliphatic heterocycles. The van der Waals surface area contributed by atoms with Crippen molar-refractivity contribution >= 4 is 35.0 Å². The topological polar surface area (TPSA) is 70.2 Å². The first-order valence-corrected chi connectivity index (χ1v) is 7.35. The van der Waals surface area contributed by atoms with Crippen LogP contribution in [0.15, 0.2) is 42.5 Å². The number of hydrogen-bond acceptors (Lipinski definition) is 3. The first-order chi connectivity index (χ1) is 10.7. The molecule has 2 amide bonds. The minimum Gasteiger partial charge on any atom is -0.353 e. The van der Waals surface area contributed by atoms with E-state index in [9.17, 15) is 9.59 Å². The number of benzene rings is 2. The summed E-state index contributed by atoms with van der Waals surface area (Å²) in [5, 5.41) is 10.5. The van der Waals surface area contributed by atoms with Crippen molar-refractivity contribution in [2.45, 2.75) is 6.42 Å². The van der Waals surface area contributed by atoms with Crippen LogP contribution >= 0.6 is 12.4 Å². The van der Waals surface area contributed by atoms with E-state index in [0.29, 0.717) is 13.1 Å². The molecule has 0 saturated heterocycles. The van der Waals surface area contributed by atoms with Crippen molar-refractivity contribution < 1.29 is 9.59 Å². The van der Waals surface area contributed by atoms with Gasteiger partial charge in [-0.25, -0.2) is 0 Å². The summed E-state index contributed by atoms with van der Waals surface area (Å²) in [6.07, 6.45) is 0.269. The lowest BCUT2D eigenvalue weighted by atomic mass is 10.0. The van der Waals surface area contributed by atoms with Gasteiger partial charge in [0.2, 0.25) is 11.8 Å². The monoisotopic (exact) mass is 335 g/mol. The predicted molar refractivity (Wildman–Crippen MR) is 94.8 cm³/mol. The molecule has 0 bridgehead atoms. The highest BCUT2D eigenvalue weighted by molar-refractivity contribution is 5.91. The van der Waals surface area contributed by atoms with Gasteiger partial charge < -0.3 is 16.0 Å². The zero-order valence-electron chi connectivity index (χ0n) is 13.1. The minimum atomic E-state index is -0.179. The van der Waals surface area contributed by atoms with Crippen LogP contribution in [0.1, 0.15) is 5.56 Å². The zero-order valence-corrected chi connectivity index (χ0v) is 13.9. The molecule has 0 spiro atoms. The van der Waals surface area contributed by atoms with Crippen LogP contribution in [0.5, 0.6) is 0 Å². The number of nitrogens with one attached hydrogen (secondary N) is 3. The Morgan fingerprint density at radius 2 is 1.65 bits per heavy atom. The molecule has 124 valence electrons. The molecule has 3 N–H and O–H groups in total. The third-order valence-corrected chi connectivity index (χ3v) is 3.37. The highest BCUT2D eigenvalue weighted by atomic mass is 35.5. The van der Waals surface area contributed by atoms with Crippen molar-refractivity contribution in [2.75, 3.05) is 26.7 Å². The summed E-state index contributed by atoms with van der Waals surface area (Å²) in [4.78, 5) is 23.5. The first-order valence-electron chi connectivity index (χ1n) is 7.35. The smallest absolute Gasteiger partial charge is 0.239 e. The number of carbonyl (C=O) groups is 2. The summed E-state index contributed by atoms with van der Waals surface area (Å²) in [6.45, 7) is 1.26. The summed E-state index contributed by atoms with van der Waals surface area (Å²) >= 11 is 0. The third kappa shape index (κ3) is 5.88. The maximum Gasteiger partial charge on any atom is 0.239 e. The molecule has 0 aliphatic carbocycles. The molecule has 0 fully saturated rings. The normalized spacial score (nSPS) is 9.96. The van der Waals surface area contributed by atoms with E-state index in [1.54, 1.807) is 0 Å². The van der Waals surface area contributed by atoms with Crippen molar-refractivity contribution in [3.8, 4) is 0 Å². The quantitative estimate of drug-likeness (QED) is 0.667. The van der Waals surface area contributed by atoms with Crippen LogP contribution in [-0.2, 0) is 16.0 Å². The second-order valence-corrected chi connectivity index (χ2v) is 5.05. The fraction of sp³-hybridized carbons (Fsp3) is 0.294. The van der Waals surface area contributed by atoms with Crippen molar-refractivity contribution in [1.82, 2.24) is 16.0 Å². The number of amides is 2. The summed E-state index contributed by atoms with van der Waals surface area (Å²) in [6, 6.07) is 13.9. The van der Waals surface area contributed by atoms with E-state index in [1.807, 2.05) is 49.5 Å². The molecular formula is C17H22ClN3O2. The lowest BCUT2D eigenvalue weighted by molar-refractivity contribution is -0.125. The van der Waals surface area contributed by atoms with Gasteiger partial charge in [0.1, 0.15) is 0 Å². The van der Waals surface area contributed by atoms with Gasteiger partial charge in [-0.1, -0.05) is 42.5 Å². The van der Waals surface area contributed by atoms with Gasteiger partial charge >= 0.3 is 0 Å². The highest BCUT2D eigenvalue weighted by Gasteiger charge is 2.08. The Labute approximate surface area is 142 Å². The molecule has 5 nitrogen and oxygen atoms in total. The Hall–Kier alpha value is -2.11. The molecule has 2 rings (SSSR count). The fourth-order valence-corrected chi connectivity index (χ4v) is 2.25. The second-order valence-electron chi connectivity index (χ2n) is 5.05. The largest absolute Gasteiger partial charge is 0.353 e. The van der Waals surface area contributed by atoms with E-state index in [4.69, 9.17) is 0 Å². The lowest BCUT2D eigenvalue weighted by Gasteiger charge is -2.08. The number of rotatable bonds is 7. The first kappa shape index (κ1) is 18.9. The molecule has 0 radical (unpaired) electrons. The van der Waals surface area contributed by atoms with E-state index >= 15 is 0 Å². The summed E-state index contributed by atoms with van der Waals surface area (Å²) < 4.78 is 0. The molecule has 0 heterocycles. The van der Waals surface area contributed by atoms with Crippen LogP contribution in [0.4, 0.5) is 0 Å². The Morgan fingerprint density at radius 1 is 0.913 bits per heavy atom. The van der Waals surface area contributed by atoms with Crippen LogP contribution in [0, 0.1) is 0 Å². The van der Waals surface area contributed by atoms with E-state index in [-0.39, 0.29) is 37.2 Å². The van der Waals surface area contributed by atoms with Crippen molar-refractivity contribution in [2.24, 2.45) is 0 Å². The fourth-order valence-electron chi connectivity index (χ4n) is 2.25. The summed E-state index contributed by atoms with van der Waals surface area (Å²) in [5.74, 6) is -0.332. The summed E-state index contributed by atoms with van der Waals surface area (Å²) in [7, 11) is 1.82. The van der Waals surface area contributed by atoms with E-state index < -0.39 is 0 Å². The van der Waals surface area contributed by atoms with Gasteiger partial charge in [-0.05, 0) is 23.4 Å². The number of fused-ring (bicyclic) bond motifs is 1. The Balaban J connectivity index is 0.00000264. The van der Waals surface area contributed by atoms with Crippen molar-refractivity contribution in [3.63, 3.8) is 0 Å². The van der Waals surface area contributed by atoms with Crippen molar-refractivity contribution in [1.29, 1.82) is 0 Å². The van der Waals surface area contributed by atoms with Crippen LogP contribution in [-0.4, -0.2) is 38.5 Å². The molecule has 0 atom stereocenters. The maximum absolute atomic E-state index is 12.0. The van der Waals surface area contributed by atoms with Gasteiger partial charge in [-0.3, -0.25) is 9.59 Å². The SMILES string of the molecule is CNCCNC(=O)CNC(=O)Cc1cccc2ccccc12.Cl. The molecule has 6 heteroatoms. The molecular weight excluding hydrogens is 314 g/mol. The zero-order chi connectivity index (χ0) is 15.8. The van der Waals surface area contributed by atoms with Gasteiger partial charge in [0, 0.05) is 13.1 Å². The third-order valence-electron chi connectivity index (χ3n) is 3.37. The lowest BCUT2D eigenvalue weighted by Crippen LogP contribution is -2.39. The van der Waals surface area contributed by atoms with E-state index in [0.717, 1.165) is 16.3 Å². The molecule has 2 aromatic carbocycles. The maximum atomic E-state index is 12.0. The van der Waals surface area contributed by atoms with Crippen LogP contribution in [0.2, 0.25) is 0 Å². The number of halogens is 1. The molecule has 0 unspecified atom stereocenters. The van der Waals surface area contributed by atoms with E-state index in [1.165, 1.54) is 0 Å². The number of hydrogen-bond donors (Lipinski definition) is 3. The van der Waals surface area contributed by atoms with Crippen molar-refractivity contribution in [3.05, 3.63) is 48.0 Å². The molecule has 0 saturated carbocycles. The average molecular weight is 336 g/mol. The van der Waals surface area contributed by atoms with Crippen LogP contribution in [0.25, 0.3) is 10.8 Å². The van der Waals surface area contributed by atoms with Crippen LogP contribution < -0.4 is 16.0 Å². The molecule has 0 aromatic heterocycles. The Bertz CT molecular complexity index is 656. The highest BCUT2D eigenvalue weighted by Crippen LogP contribution is 2.18. The second kappa shape index (κ2) is 9.82. The number of carbonyl (C=O) groups excluding carboxylic acids is 2. The van der Waals surface area contributed by atoms with Crippen LogP contribution in [0.3, 0.4) is 0 Å². The van der Waals surface area contributed by atoms with E-state index in [2.05, 4.69) is 16.0 Å². The average Bonchev–Trinajstić information content (AvgIpc) is 2.54. The number of likely N-dealkylation sites (N-methyl/N-ethyl adjacent to an activating group) is 1. The minimum absolute atomic E-state index is 0. The van der Waals surface area contributed by atoms with Gasteiger partial charge in [0.25, 0.3) is 0 Å². The van der Waals surface area contributed by atoms with Gasteiger partial charge in [-0.15, -0.1) is 12.4 Å². The predicted octanol–water partition coefficient (Wildman–Crippen LogP) is 1.26. The molecule has 2 aromatic rings. The Kier molecular flexibility index (Phi) is 8.08. The van der Waals surface area contributed by atoms with Gasteiger partial charge in [0.15, 0.2) is 0 Å².